The van der Waals surface area contributed by atoms with Gasteiger partial charge in [0.15, 0.2) is 0 Å². The number of ether oxygens (including phenoxy) is 2. The Kier molecular flexibility index (Phi) is 4.12. The van der Waals surface area contributed by atoms with Crippen molar-refractivity contribution in [3.8, 4) is 6.07 Å². The second kappa shape index (κ2) is 4.80. The summed E-state index contributed by atoms with van der Waals surface area (Å²) in [6.45, 7) is 9.99. The van der Waals surface area contributed by atoms with E-state index in [1.165, 1.54) is 0 Å². The summed E-state index contributed by atoms with van der Waals surface area (Å²) in [5.41, 5.74) is -2.06. The molecule has 4 nitrogen and oxygen atoms in total. The standard InChI is InChI=1S/C14H25NO3/c1-10-14(16,7-8-15)13(5,17-6)9-11(18-10)12(2,3)4/h10-11,16H,7,9H2,1-6H3/t10-,11+,13+,14-/m0/s1. The van der Waals surface area contributed by atoms with Crippen molar-refractivity contribution >= 4 is 0 Å². The molecule has 0 aliphatic carbocycles. The summed E-state index contributed by atoms with van der Waals surface area (Å²) in [5.74, 6) is 0. The Morgan fingerprint density at radius 2 is 2.06 bits per heavy atom. The van der Waals surface area contributed by atoms with Crippen LogP contribution in [0.1, 0.15) is 47.5 Å². The van der Waals surface area contributed by atoms with Gasteiger partial charge in [0.2, 0.25) is 0 Å². The van der Waals surface area contributed by atoms with E-state index in [0.29, 0.717) is 6.42 Å². The Morgan fingerprint density at radius 3 is 2.44 bits per heavy atom. The number of rotatable bonds is 2. The summed E-state index contributed by atoms with van der Waals surface area (Å²) >= 11 is 0. The van der Waals surface area contributed by atoms with Crippen LogP contribution < -0.4 is 0 Å². The molecular weight excluding hydrogens is 230 g/mol. The largest absolute Gasteiger partial charge is 0.383 e. The Balaban J connectivity index is 3.10. The van der Waals surface area contributed by atoms with E-state index in [9.17, 15) is 5.11 Å². The molecule has 1 fully saturated rings. The van der Waals surface area contributed by atoms with E-state index in [0.717, 1.165) is 0 Å². The maximum Gasteiger partial charge on any atom is 0.132 e. The zero-order valence-corrected chi connectivity index (χ0v) is 12.3. The maximum atomic E-state index is 10.8. The minimum Gasteiger partial charge on any atom is -0.383 e. The average molecular weight is 255 g/mol. The molecule has 0 spiro atoms. The fourth-order valence-corrected chi connectivity index (χ4v) is 2.59. The van der Waals surface area contributed by atoms with Crippen molar-refractivity contribution < 1.29 is 14.6 Å². The summed E-state index contributed by atoms with van der Waals surface area (Å²) < 4.78 is 11.5. The van der Waals surface area contributed by atoms with Crippen LogP contribution in [0.4, 0.5) is 0 Å². The zero-order valence-electron chi connectivity index (χ0n) is 12.3. The van der Waals surface area contributed by atoms with Gasteiger partial charge in [-0.05, 0) is 19.3 Å². The molecule has 1 N–H and O–H groups in total. The second-order valence-corrected chi connectivity index (χ2v) is 6.53. The highest BCUT2D eigenvalue weighted by molar-refractivity contribution is 5.11. The quantitative estimate of drug-likeness (QED) is 0.822. The molecule has 1 aliphatic rings. The predicted octanol–water partition coefficient (Wildman–Crippen LogP) is 2.26. The molecule has 4 atom stereocenters. The molecule has 0 aromatic rings. The monoisotopic (exact) mass is 255 g/mol. The van der Waals surface area contributed by atoms with Crippen molar-refractivity contribution in [2.45, 2.75) is 70.9 Å². The first-order valence-corrected chi connectivity index (χ1v) is 6.40. The van der Waals surface area contributed by atoms with Crippen molar-refractivity contribution in [2.75, 3.05) is 7.11 Å². The van der Waals surface area contributed by atoms with Crippen LogP contribution in [0.5, 0.6) is 0 Å². The number of nitriles is 1. The minimum absolute atomic E-state index is 0.00332. The SMILES string of the molecule is CO[C@]1(C)C[C@H](C(C)(C)C)O[C@@H](C)[C@@]1(O)CC#N. The molecule has 0 aromatic carbocycles. The van der Waals surface area contributed by atoms with Crippen LogP contribution in [0.3, 0.4) is 0 Å². The van der Waals surface area contributed by atoms with E-state index in [1.807, 2.05) is 19.9 Å². The van der Waals surface area contributed by atoms with Gasteiger partial charge in [0.1, 0.15) is 5.60 Å². The van der Waals surface area contributed by atoms with Gasteiger partial charge < -0.3 is 14.6 Å². The van der Waals surface area contributed by atoms with Gasteiger partial charge in [0.05, 0.1) is 30.3 Å². The molecule has 0 saturated carbocycles. The molecule has 104 valence electrons. The Labute approximate surface area is 110 Å². The normalized spacial score (nSPS) is 41.4. The Hall–Kier alpha value is -0.630. The lowest BCUT2D eigenvalue weighted by atomic mass is 9.69. The molecule has 1 heterocycles. The fourth-order valence-electron chi connectivity index (χ4n) is 2.59. The molecule has 0 amide bonds. The van der Waals surface area contributed by atoms with Gasteiger partial charge >= 0.3 is 0 Å². The molecule has 0 radical (unpaired) electrons. The lowest BCUT2D eigenvalue weighted by Gasteiger charge is -2.54. The van der Waals surface area contributed by atoms with Gasteiger partial charge in [-0.1, -0.05) is 20.8 Å². The minimum atomic E-state index is -1.27. The third-order valence-corrected chi connectivity index (χ3v) is 4.30. The van der Waals surface area contributed by atoms with Crippen LogP contribution in [0.15, 0.2) is 0 Å². The van der Waals surface area contributed by atoms with Crippen molar-refractivity contribution in [3.05, 3.63) is 0 Å². The van der Waals surface area contributed by atoms with E-state index in [2.05, 4.69) is 20.8 Å². The van der Waals surface area contributed by atoms with E-state index in [-0.39, 0.29) is 17.9 Å². The first-order chi connectivity index (χ1) is 8.10. The molecule has 4 heteroatoms. The van der Waals surface area contributed by atoms with Crippen molar-refractivity contribution in [2.24, 2.45) is 5.41 Å². The highest BCUT2D eigenvalue weighted by atomic mass is 16.6. The molecule has 18 heavy (non-hydrogen) atoms. The predicted molar refractivity (Wildman–Crippen MR) is 69.0 cm³/mol. The highest BCUT2D eigenvalue weighted by Crippen LogP contribution is 2.45. The Morgan fingerprint density at radius 1 is 1.50 bits per heavy atom. The second-order valence-electron chi connectivity index (χ2n) is 6.53. The molecule has 1 saturated heterocycles. The smallest absolute Gasteiger partial charge is 0.132 e. The summed E-state index contributed by atoms with van der Waals surface area (Å²) in [6.07, 6.45) is 0.154. The van der Waals surface area contributed by atoms with E-state index >= 15 is 0 Å². The van der Waals surface area contributed by atoms with Crippen molar-refractivity contribution in [1.82, 2.24) is 0 Å². The van der Waals surface area contributed by atoms with Crippen LogP contribution in [0.2, 0.25) is 0 Å². The summed E-state index contributed by atoms with van der Waals surface area (Å²) in [4.78, 5) is 0. The average Bonchev–Trinajstić information content (AvgIpc) is 2.25. The number of aliphatic hydroxyl groups is 1. The lowest BCUT2D eigenvalue weighted by molar-refractivity contribution is -0.282. The molecule has 0 bridgehead atoms. The third kappa shape index (κ3) is 2.40. The van der Waals surface area contributed by atoms with Gasteiger partial charge in [0, 0.05) is 13.5 Å². The first-order valence-electron chi connectivity index (χ1n) is 6.40. The van der Waals surface area contributed by atoms with Gasteiger partial charge in [-0.25, -0.2) is 0 Å². The first kappa shape index (κ1) is 15.4. The van der Waals surface area contributed by atoms with E-state index < -0.39 is 17.3 Å². The van der Waals surface area contributed by atoms with E-state index in [4.69, 9.17) is 14.7 Å². The van der Waals surface area contributed by atoms with E-state index in [1.54, 1.807) is 7.11 Å². The van der Waals surface area contributed by atoms with Gasteiger partial charge in [0.25, 0.3) is 0 Å². The van der Waals surface area contributed by atoms with Crippen LogP contribution in [-0.4, -0.2) is 35.6 Å². The van der Waals surface area contributed by atoms with Crippen LogP contribution in [-0.2, 0) is 9.47 Å². The van der Waals surface area contributed by atoms with Gasteiger partial charge in [-0.15, -0.1) is 0 Å². The van der Waals surface area contributed by atoms with Crippen molar-refractivity contribution in [1.29, 1.82) is 5.26 Å². The molecule has 0 aromatic heterocycles. The van der Waals surface area contributed by atoms with Crippen molar-refractivity contribution in [3.63, 3.8) is 0 Å². The molecule has 1 rings (SSSR count). The zero-order chi connectivity index (χ0) is 14.2. The topological polar surface area (TPSA) is 62.5 Å². The molecule has 1 aliphatic heterocycles. The van der Waals surface area contributed by atoms with Crippen LogP contribution >= 0.6 is 0 Å². The summed E-state index contributed by atoms with van der Waals surface area (Å²) in [5, 5.41) is 19.7. The molecular formula is C14H25NO3. The van der Waals surface area contributed by atoms with Gasteiger partial charge in [-0.2, -0.15) is 5.26 Å². The van der Waals surface area contributed by atoms with Crippen LogP contribution in [0, 0.1) is 16.7 Å². The number of methoxy groups -OCH3 is 1. The summed E-state index contributed by atoms with van der Waals surface area (Å²) in [7, 11) is 1.58. The number of nitrogens with zero attached hydrogens (tertiary/aromatic N) is 1. The third-order valence-electron chi connectivity index (χ3n) is 4.30. The number of hydrogen-bond donors (Lipinski definition) is 1. The maximum absolute atomic E-state index is 10.8. The molecule has 0 unspecified atom stereocenters. The lowest BCUT2D eigenvalue weighted by Crippen LogP contribution is -2.66. The summed E-state index contributed by atoms with van der Waals surface area (Å²) in [6, 6.07) is 2.04. The fraction of sp³-hybridized carbons (Fsp3) is 0.929. The number of hydrogen-bond acceptors (Lipinski definition) is 4. The van der Waals surface area contributed by atoms with Gasteiger partial charge in [-0.3, -0.25) is 0 Å². The van der Waals surface area contributed by atoms with Crippen LogP contribution in [0.25, 0.3) is 0 Å². The Bertz CT molecular complexity index is 344. The highest BCUT2D eigenvalue weighted by Gasteiger charge is 2.58.